The van der Waals surface area contributed by atoms with Gasteiger partial charge in [0.05, 0.1) is 13.7 Å². The molecule has 0 saturated carbocycles. The molecule has 1 aromatic carbocycles. The summed E-state index contributed by atoms with van der Waals surface area (Å²) in [4.78, 5) is 23.2. The first-order chi connectivity index (χ1) is 11.9. The molecule has 4 N–H and O–H groups in total. The Labute approximate surface area is 144 Å². The first-order valence-corrected chi connectivity index (χ1v) is 7.62. The Balaban J connectivity index is 2.30. The maximum Gasteiger partial charge on any atom is 0.341 e. The van der Waals surface area contributed by atoms with Crippen LogP contribution in [0.25, 0.3) is 0 Å². The number of amides is 1. The highest BCUT2D eigenvalue weighted by Gasteiger charge is 2.46. The fourth-order valence-electron chi connectivity index (χ4n) is 2.54. The lowest BCUT2D eigenvalue weighted by Crippen LogP contribution is -2.65. The number of esters is 1. The Morgan fingerprint density at radius 3 is 2.52 bits per heavy atom. The number of rotatable bonds is 5. The molecule has 9 heteroatoms. The second-order valence-corrected chi connectivity index (χ2v) is 5.54. The van der Waals surface area contributed by atoms with E-state index >= 15 is 0 Å². The normalized spacial score (nSPS) is 28.9. The topological polar surface area (TPSA) is 135 Å². The molecule has 0 radical (unpaired) electrons. The average molecular weight is 355 g/mol. The summed E-state index contributed by atoms with van der Waals surface area (Å²) in [5.74, 6) is -1.01. The van der Waals surface area contributed by atoms with Gasteiger partial charge >= 0.3 is 5.97 Å². The quantitative estimate of drug-likeness (QED) is 0.484. The SMILES string of the molecule is COC(=O)c1ccccc1O[C@H]1O[C@@H](CO)[C@H](O)[C@@H](O)[C@@H]1NC(C)=O. The average Bonchev–Trinajstić information content (AvgIpc) is 2.60. The van der Waals surface area contributed by atoms with Gasteiger partial charge in [-0.2, -0.15) is 0 Å². The lowest BCUT2D eigenvalue weighted by atomic mass is 9.97. The van der Waals surface area contributed by atoms with E-state index in [1.165, 1.54) is 26.2 Å². The molecule has 1 saturated heterocycles. The Bertz CT molecular complexity index is 622. The van der Waals surface area contributed by atoms with E-state index in [1.807, 2.05) is 0 Å². The maximum atomic E-state index is 11.8. The van der Waals surface area contributed by atoms with Gasteiger partial charge in [0.2, 0.25) is 12.2 Å². The second kappa shape index (κ2) is 8.26. The molecule has 9 nitrogen and oxygen atoms in total. The zero-order valence-corrected chi connectivity index (χ0v) is 13.8. The third-order valence-electron chi connectivity index (χ3n) is 3.79. The van der Waals surface area contributed by atoms with Gasteiger partial charge in [-0.25, -0.2) is 4.79 Å². The molecule has 0 bridgehead atoms. The predicted octanol–water partition coefficient (Wildman–Crippen LogP) is -1.20. The first kappa shape index (κ1) is 19.1. The van der Waals surface area contributed by atoms with Crippen LogP contribution in [0.5, 0.6) is 5.75 Å². The van der Waals surface area contributed by atoms with Crippen molar-refractivity contribution in [2.75, 3.05) is 13.7 Å². The molecule has 1 heterocycles. The van der Waals surface area contributed by atoms with Gasteiger partial charge in [-0.1, -0.05) is 12.1 Å². The molecule has 1 amide bonds. The van der Waals surface area contributed by atoms with Crippen LogP contribution in [0.4, 0.5) is 0 Å². The van der Waals surface area contributed by atoms with Crippen molar-refractivity contribution in [1.29, 1.82) is 0 Å². The number of ether oxygens (including phenoxy) is 3. The molecular weight excluding hydrogens is 334 g/mol. The molecule has 138 valence electrons. The monoisotopic (exact) mass is 355 g/mol. The number of para-hydroxylation sites is 1. The number of carbonyl (C=O) groups is 2. The van der Waals surface area contributed by atoms with Crippen LogP contribution in [0, 0.1) is 0 Å². The summed E-state index contributed by atoms with van der Waals surface area (Å²) in [5, 5.41) is 31.9. The van der Waals surface area contributed by atoms with Gasteiger partial charge in [0, 0.05) is 6.92 Å². The predicted molar refractivity (Wildman–Crippen MR) is 83.8 cm³/mol. The van der Waals surface area contributed by atoms with Crippen LogP contribution in [-0.4, -0.2) is 71.6 Å². The fourth-order valence-corrected chi connectivity index (χ4v) is 2.54. The molecule has 0 spiro atoms. The van der Waals surface area contributed by atoms with Crippen molar-refractivity contribution in [2.45, 2.75) is 37.6 Å². The van der Waals surface area contributed by atoms with Gasteiger partial charge in [0.25, 0.3) is 0 Å². The van der Waals surface area contributed by atoms with Crippen LogP contribution in [0.15, 0.2) is 24.3 Å². The summed E-state index contributed by atoms with van der Waals surface area (Å²) < 4.78 is 15.8. The first-order valence-electron chi connectivity index (χ1n) is 7.62. The molecule has 1 aliphatic rings. The third-order valence-corrected chi connectivity index (χ3v) is 3.79. The highest BCUT2D eigenvalue weighted by molar-refractivity contribution is 5.92. The van der Waals surface area contributed by atoms with Crippen molar-refractivity contribution in [3.8, 4) is 5.75 Å². The van der Waals surface area contributed by atoms with Crippen LogP contribution >= 0.6 is 0 Å². The third kappa shape index (κ3) is 4.26. The van der Waals surface area contributed by atoms with Gasteiger partial charge in [-0.15, -0.1) is 0 Å². The minimum absolute atomic E-state index is 0.106. The minimum atomic E-state index is -1.44. The van der Waals surface area contributed by atoms with Crippen LogP contribution in [0.3, 0.4) is 0 Å². The zero-order chi connectivity index (χ0) is 18.6. The lowest BCUT2D eigenvalue weighted by molar-refractivity contribution is -0.244. The molecule has 0 unspecified atom stereocenters. The van der Waals surface area contributed by atoms with Crippen LogP contribution < -0.4 is 10.1 Å². The largest absolute Gasteiger partial charge is 0.465 e. The molecule has 1 aliphatic heterocycles. The van der Waals surface area contributed by atoms with Crippen molar-refractivity contribution in [3.05, 3.63) is 29.8 Å². The highest BCUT2D eigenvalue weighted by Crippen LogP contribution is 2.27. The molecule has 25 heavy (non-hydrogen) atoms. The number of aliphatic hydroxyl groups is 3. The summed E-state index contributed by atoms with van der Waals surface area (Å²) >= 11 is 0. The smallest absolute Gasteiger partial charge is 0.341 e. The van der Waals surface area contributed by atoms with Crippen molar-refractivity contribution < 1.29 is 39.1 Å². The van der Waals surface area contributed by atoms with Crippen molar-refractivity contribution in [3.63, 3.8) is 0 Å². The van der Waals surface area contributed by atoms with Crippen LogP contribution in [-0.2, 0) is 14.3 Å². The van der Waals surface area contributed by atoms with Crippen LogP contribution in [0.1, 0.15) is 17.3 Å². The van der Waals surface area contributed by atoms with E-state index in [-0.39, 0.29) is 11.3 Å². The number of hydrogen-bond donors (Lipinski definition) is 4. The summed E-state index contributed by atoms with van der Waals surface area (Å²) in [7, 11) is 1.22. The second-order valence-electron chi connectivity index (χ2n) is 5.54. The number of aliphatic hydroxyl groups excluding tert-OH is 3. The van der Waals surface area contributed by atoms with E-state index in [0.29, 0.717) is 0 Å². The van der Waals surface area contributed by atoms with Gasteiger partial charge in [-0.05, 0) is 12.1 Å². The van der Waals surface area contributed by atoms with E-state index < -0.39 is 49.1 Å². The highest BCUT2D eigenvalue weighted by atomic mass is 16.7. The van der Waals surface area contributed by atoms with E-state index in [0.717, 1.165) is 0 Å². The van der Waals surface area contributed by atoms with Crippen LogP contribution in [0.2, 0.25) is 0 Å². The molecule has 0 aliphatic carbocycles. The molecule has 1 fully saturated rings. The number of methoxy groups -OCH3 is 1. The molecule has 5 atom stereocenters. The number of carbonyl (C=O) groups excluding carboxylic acids is 2. The van der Waals surface area contributed by atoms with Crippen molar-refractivity contribution >= 4 is 11.9 Å². The number of hydrogen-bond acceptors (Lipinski definition) is 8. The Morgan fingerprint density at radius 1 is 1.24 bits per heavy atom. The van der Waals surface area contributed by atoms with E-state index in [2.05, 4.69) is 10.1 Å². The minimum Gasteiger partial charge on any atom is -0.465 e. The van der Waals surface area contributed by atoms with Gasteiger partial charge in [-0.3, -0.25) is 4.79 Å². The Kier molecular flexibility index (Phi) is 6.32. The summed E-state index contributed by atoms with van der Waals surface area (Å²) in [6.07, 6.45) is -5.22. The van der Waals surface area contributed by atoms with Crippen molar-refractivity contribution in [1.82, 2.24) is 5.32 Å². The van der Waals surface area contributed by atoms with Gasteiger partial charge in [0.1, 0.15) is 35.7 Å². The number of benzene rings is 1. The summed E-state index contributed by atoms with van der Waals surface area (Å²) in [6.45, 7) is 0.667. The standard InChI is InChI=1S/C16H21NO8/c1-8(19)17-12-14(21)13(20)11(7-18)25-16(12)24-10-6-4-3-5-9(10)15(22)23-2/h3-6,11-14,16,18,20-21H,7H2,1-2H3,(H,17,19)/t11-,12-,13-,14-,16-/m0/s1. The summed E-state index contributed by atoms with van der Waals surface area (Å²) in [6, 6.07) is 5.09. The maximum absolute atomic E-state index is 11.8. The lowest BCUT2D eigenvalue weighted by Gasteiger charge is -2.42. The molecule has 1 aromatic rings. The van der Waals surface area contributed by atoms with E-state index in [9.17, 15) is 24.9 Å². The summed E-state index contributed by atoms with van der Waals surface area (Å²) in [5.41, 5.74) is 0.122. The van der Waals surface area contributed by atoms with Gasteiger partial charge in [0.15, 0.2) is 0 Å². The van der Waals surface area contributed by atoms with E-state index in [1.54, 1.807) is 12.1 Å². The van der Waals surface area contributed by atoms with Crippen molar-refractivity contribution in [2.24, 2.45) is 0 Å². The van der Waals surface area contributed by atoms with E-state index in [4.69, 9.17) is 9.47 Å². The molecular formula is C16H21NO8. The Morgan fingerprint density at radius 2 is 1.92 bits per heavy atom. The Hall–Kier alpha value is -2.20. The number of nitrogens with one attached hydrogen (secondary N) is 1. The molecule has 2 rings (SSSR count). The fraction of sp³-hybridized carbons (Fsp3) is 0.500. The zero-order valence-electron chi connectivity index (χ0n) is 13.8. The van der Waals surface area contributed by atoms with Gasteiger partial charge < -0.3 is 34.8 Å². The molecule has 0 aromatic heterocycles.